The standard InChI is InChI=1S/C9H16N4O2/c1-9(2,3)4-5-15-7(14)6-11-8(10)13-12-6/h4-5H2,1-3H3,(H3,10,11,12,13). The van der Waals surface area contributed by atoms with E-state index in [9.17, 15) is 4.79 Å². The van der Waals surface area contributed by atoms with Gasteiger partial charge in [-0.25, -0.2) is 4.79 Å². The number of nitrogen functional groups attached to an aromatic ring is 1. The molecule has 0 amide bonds. The number of aromatic amines is 1. The van der Waals surface area contributed by atoms with Gasteiger partial charge in [-0.3, -0.25) is 5.10 Å². The number of ether oxygens (including phenoxy) is 1. The molecule has 0 bridgehead atoms. The minimum Gasteiger partial charge on any atom is -0.460 e. The number of nitrogens with one attached hydrogen (secondary N) is 1. The molecule has 0 fully saturated rings. The number of aromatic nitrogens is 3. The summed E-state index contributed by atoms with van der Waals surface area (Å²) in [5.74, 6) is -0.442. The topological polar surface area (TPSA) is 93.9 Å². The fourth-order valence-corrected chi connectivity index (χ4v) is 0.884. The van der Waals surface area contributed by atoms with Crippen LogP contribution >= 0.6 is 0 Å². The molecule has 0 saturated heterocycles. The van der Waals surface area contributed by atoms with Gasteiger partial charge in [-0.2, -0.15) is 4.98 Å². The van der Waals surface area contributed by atoms with Gasteiger partial charge >= 0.3 is 5.97 Å². The van der Waals surface area contributed by atoms with Crippen molar-refractivity contribution in [2.24, 2.45) is 5.41 Å². The number of esters is 1. The van der Waals surface area contributed by atoms with Gasteiger partial charge in [0, 0.05) is 0 Å². The molecule has 0 atom stereocenters. The van der Waals surface area contributed by atoms with Crippen molar-refractivity contribution in [2.75, 3.05) is 12.3 Å². The lowest BCUT2D eigenvalue weighted by atomic mass is 9.93. The quantitative estimate of drug-likeness (QED) is 0.728. The second-order valence-corrected chi connectivity index (χ2v) is 4.49. The van der Waals surface area contributed by atoms with Crippen LogP contribution < -0.4 is 5.73 Å². The fraction of sp³-hybridized carbons (Fsp3) is 0.667. The summed E-state index contributed by atoms with van der Waals surface area (Å²) in [6.07, 6.45) is 0.794. The Morgan fingerprint density at radius 3 is 2.67 bits per heavy atom. The Bertz CT molecular complexity index is 340. The number of rotatable bonds is 3. The number of hydrogen-bond donors (Lipinski definition) is 2. The van der Waals surface area contributed by atoms with Gasteiger partial charge in [-0.05, 0) is 11.8 Å². The minimum absolute atomic E-state index is 0.0396. The van der Waals surface area contributed by atoms with Crippen molar-refractivity contribution >= 4 is 11.9 Å². The summed E-state index contributed by atoms with van der Waals surface area (Å²) in [4.78, 5) is 15.0. The molecule has 0 aliphatic rings. The Morgan fingerprint density at radius 1 is 1.53 bits per heavy atom. The van der Waals surface area contributed by atoms with Gasteiger partial charge in [-0.15, -0.1) is 5.10 Å². The second-order valence-electron chi connectivity index (χ2n) is 4.49. The third-order valence-corrected chi connectivity index (χ3v) is 1.78. The van der Waals surface area contributed by atoms with E-state index in [4.69, 9.17) is 10.5 Å². The van der Waals surface area contributed by atoms with Crippen LogP contribution in [0.5, 0.6) is 0 Å². The number of anilines is 1. The van der Waals surface area contributed by atoms with Gasteiger partial charge in [0.1, 0.15) is 0 Å². The maximum Gasteiger partial charge on any atom is 0.375 e. The van der Waals surface area contributed by atoms with Crippen LogP contribution in [0.2, 0.25) is 0 Å². The number of carbonyl (C=O) groups excluding carboxylic acids is 1. The Hall–Kier alpha value is -1.59. The van der Waals surface area contributed by atoms with Crippen molar-refractivity contribution in [1.29, 1.82) is 0 Å². The Labute approximate surface area is 88.2 Å². The smallest absolute Gasteiger partial charge is 0.375 e. The Balaban J connectivity index is 2.37. The van der Waals surface area contributed by atoms with Gasteiger partial charge in [0.05, 0.1) is 6.61 Å². The average molecular weight is 212 g/mol. The maximum atomic E-state index is 11.3. The van der Waals surface area contributed by atoms with Crippen molar-refractivity contribution < 1.29 is 9.53 Å². The number of hydrogen-bond acceptors (Lipinski definition) is 5. The van der Waals surface area contributed by atoms with E-state index >= 15 is 0 Å². The van der Waals surface area contributed by atoms with Crippen LogP contribution in [0.4, 0.5) is 5.95 Å². The molecule has 6 nitrogen and oxygen atoms in total. The molecule has 1 aromatic rings. The summed E-state index contributed by atoms with van der Waals surface area (Å²) < 4.78 is 4.99. The van der Waals surface area contributed by atoms with Crippen LogP contribution in [0.1, 0.15) is 37.8 Å². The third kappa shape index (κ3) is 3.97. The van der Waals surface area contributed by atoms with E-state index in [0.29, 0.717) is 6.61 Å². The largest absolute Gasteiger partial charge is 0.460 e. The van der Waals surface area contributed by atoms with Crippen molar-refractivity contribution in [3.05, 3.63) is 5.82 Å². The van der Waals surface area contributed by atoms with Crippen molar-refractivity contribution in [1.82, 2.24) is 15.2 Å². The molecule has 3 N–H and O–H groups in total. The van der Waals surface area contributed by atoms with E-state index in [1.54, 1.807) is 0 Å². The highest BCUT2D eigenvalue weighted by Crippen LogP contribution is 2.18. The molecule has 0 aliphatic carbocycles. The first-order valence-electron chi connectivity index (χ1n) is 4.73. The number of H-pyrrole nitrogens is 1. The molecular formula is C9H16N4O2. The molecule has 1 heterocycles. The number of nitrogens with two attached hydrogens (primary N) is 1. The molecular weight excluding hydrogens is 196 g/mol. The highest BCUT2D eigenvalue weighted by atomic mass is 16.5. The molecule has 84 valence electrons. The Kier molecular flexibility index (Phi) is 3.28. The Morgan fingerprint density at radius 2 is 2.20 bits per heavy atom. The minimum atomic E-state index is -0.525. The van der Waals surface area contributed by atoms with E-state index in [1.165, 1.54) is 0 Å². The van der Waals surface area contributed by atoms with Crippen molar-refractivity contribution in [3.8, 4) is 0 Å². The van der Waals surface area contributed by atoms with Gasteiger partial charge in [0.2, 0.25) is 11.8 Å². The molecule has 0 spiro atoms. The van der Waals surface area contributed by atoms with E-state index in [1.807, 2.05) is 0 Å². The van der Waals surface area contributed by atoms with Crippen molar-refractivity contribution in [3.63, 3.8) is 0 Å². The second kappa shape index (κ2) is 4.29. The predicted octanol–water partition coefficient (Wildman–Crippen LogP) is 0.980. The fourth-order valence-electron chi connectivity index (χ4n) is 0.884. The van der Waals surface area contributed by atoms with Crippen LogP contribution in [0.3, 0.4) is 0 Å². The zero-order chi connectivity index (χ0) is 11.5. The monoisotopic (exact) mass is 212 g/mol. The summed E-state index contributed by atoms with van der Waals surface area (Å²) in [5, 5.41) is 5.93. The molecule has 0 unspecified atom stereocenters. The molecule has 6 heteroatoms. The van der Waals surface area contributed by atoms with Gasteiger partial charge in [-0.1, -0.05) is 20.8 Å². The summed E-state index contributed by atoms with van der Waals surface area (Å²) >= 11 is 0. The summed E-state index contributed by atoms with van der Waals surface area (Å²) in [5.41, 5.74) is 5.39. The lowest BCUT2D eigenvalue weighted by Crippen LogP contribution is -2.14. The summed E-state index contributed by atoms with van der Waals surface area (Å²) in [6.45, 7) is 6.59. The average Bonchev–Trinajstić information content (AvgIpc) is 2.49. The van der Waals surface area contributed by atoms with E-state index in [2.05, 4.69) is 36.0 Å². The first-order valence-corrected chi connectivity index (χ1v) is 4.73. The first kappa shape index (κ1) is 11.5. The highest BCUT2D eigenvalue weighted by molar-refractivity contribution is 5.85. The summed E-state index contributed by atoms with van der Waals surface area (Å²) in [6, 6.07) is 0. The predicted molar refractivity (Wildman–Crippen MR) is 55.1 cm³/mol. The lowest BCUT2D eigenvalue weighted by molar-refractivity contribution is 0.0451. The summed E-state index contributed by atoms with van der Waals surface area (Å²) in [7, 11) is 0. The van der Waals surface area contributed by atoms with E-state index < -0.39 is 5.97 Å². The zero-order valence-electron chi connectivity index (χ0n) is 9.20. The molecule has 1 rings (SSSR count). The normalized spacial score (nSPS) is 11.4. The maximum absolute atomic E-state index is 11.3. The van der Waals surface area contributed by atoms with Crippen LogP contribution in [0.25, 0.3) is 0 Å². The molecule has 15 heavy (non-hydrogen) atoms. The van der Waals surface area contributed by atoms with Crippen LogP contribution in [0, 0.1) is 5.41 Å². The molecule has 0 aliphatic heterocycles. The van der Waals surface area contributed by atoms with E-state index in [0.717, 1.165) is 6.42 Å². The molecule has 0 aromatic carbocycles. The van der Waals surface area contributed by atoms with Crippen molar-refractivity contribution in [2.45, 2.75) is 27.2 Å². The highest BCUT2D eigenvalue weighted by Gasteiger charge is 2.15. The van der Waals surface area contributed by atoms with Crippen LogP contribution in [-0.4, -0.2) is 27.8 Å². The molecule has 0 saturated carbocycles. The van der Waals surface area contributed by atoms with Gasteiger partial charge in [0.25, 0.3) is 0 Å². The third-order valence-electron chi connectivity index (χ3n) is 1.78. The zero-order valence-corrected chi connectivity index (χ0v) is 9.20. The molecule has 1 aromatic heterocycles. The van der Waals surface area contributed by atoms with Gasteiger partial charge < -0.3 is 10.5 Å². The van der Waals surface area contributed by atoms with Crippen LogP contribution in [0.15, 0.2) is 0 Å². The molecule has 0 radical (unpaired) electrons. The van der Waals surface area contributed by atoms with E-state index in [-0.39, 0.29) is 17.2 Å². The van der Waals surface area contributed by atoms with Gasteiger partial charge in [0.15, 0.2) is 0 Å². The number of nitrogens with zero attached hydrogens (tertiary/aromatic N) is 2. The SMILES string of the molecule is CC(C)(C)CCOC(=O)c1nc(N)n[nH]1. The lowest BCUT2D eigenvalue weighted by Gasteiger charge is -2.16. The number of carbonyl (C=O) groups is 1. The first-order chi connectivity index (χ1) is 6.88. The van der Waals surface area contributed by atoms with Crippen LogP contribution in [-0.2, 0) is 4.74 Å².